The van der Waals surface area contributed by atoms with Crippen molar-refractivity contribution in [3.8, 4) is 5.88 Å². The van der Waals surface area contributed by atoms with E-state index in [1.165, 1.54) is 11.3 Å². The predicted octanol–water partition coefficient (Wildman–Crippen LogP) is 3.45. The molecule has 1 aromatic carbocycles. The number of hydrogen-bond donors (Lipinski definition) is 1. The third-order valence-corrected chi connectivity index (χ3v) is 4.41. The summed E-state index contributed by atoms with van der Waals surface area (Å²) in [6.45, 7) is 5.41. The lowest BCUT2D eigenvalue weighted by Crippen LogP contribution is -2.13. The van der Waals surface area contributed by atoms with Crippen molar-refractivity contribution in [3.05, 3.63) is 39.5 Å². The number of thiazole rings is 1. The second-order valence-electron chi connectivity index (χ2n) is 4.67. The highest BCUT2D eigenvalue weighted by molar-refractivity contribution is 7.10. The van der Waals surface area contributed by atoms with Crippen LogP contribution in [0.5, 0.6) is 5.88 Å². The van der Waals surface area contributed by atoms with Crippen molar-refractivity contribution >= 4 is 34.9 Å². The summed E-state index contributed by atoms with van der Waals surface area (Å²) in [5, 5.41) is 10.4. The molecule has 1 aromatic heterocycles. The number of aromatic hydroxyl groups is 1. The lowest BCUT2D eigenvalue weighted by molar-refractivity contribution is 0.415. The molecule has 0 radical (unpaired) electrons. The number of hydrogen-bond acceptors (Lipinski definition) is 4. The Morgan fingerprint density at radius 2 is 2.14 bits per heavy atom. The maximum atomic E-state index is 10.4. The molecule has 0 saturated heterocycles. The van der Waals surface area contributed by atoms with E-state index in [1.807, 2.05) is 55.0 Å². The summed E-state index contributed by atoms with van der Waals surface area (Å²) >= 11 is 1.51. The first kappa shape index (κ1) is 13.8. The Labute approximate surface area is 127 Å². The van der Waals surface area contributed by atoms with E-state index in [4.69, 9.17) is 0 Å². The molecular weight excluding hydrogens is 282 g/mol. The maximum Gasteiger partial charge on any atom is 0.211 e. The Morgan fingerprint density at radius 1 is 1.33 bits per heavy atom. The zero-order valence-electron chi connectivity index (χ0n) is 12.1. The van der Waals surface area contributed by atoms with Crippen molar-refractivity contribution in [3.63, 3.8) is 0 Å². The van der Waals surface area contributed by atoms with E-state index < -0.39 is 0 Å². The highest BCUT2D eigenvalue weighted by atomic mass is 32.1. The van der Waals surface area contributed by atoms with Crippen molar-refractivity contribution in [1.29, 1.82) is 0 Å². The second-order valence-corrected chi connectivity index (χ2v) is 5.68. The second kappa shape index (κ2) is 5.69. The quantitative estimate of drug-likeness (QED) is 0.927. The Balaban J connectivity index is 2.10. The number of fused-ring (bicyclic) bond motifs is 1. The molecule has 1 aliphatic heterocycles. The van der Waals surface area contributed by atoms with Crippen LogP contribution in [0, 0.1) is 0 Å². The molecule has 0 saturated carbocycles. The van der Waals surface area contributed by atoms with Gasteiger partial charge in [0, 0.05) is 30.4 Å². The Morgan fingerprint density at radius 3 is 2.90 bits per heavy atom. The first-order valence-electron chi connectivity index (χ1n) is 7.02. The van der Waals surface area contributed by atoms with Gasteiger partial charge in [0.2, 0.25) is 5.88 Å². The standard InChI is InChI=1S/C16H17N3OS/c1-3-17-16-19(4-2)15(20)14(21-16)9-11-10-18-13-8-6-5-7-12(11)13/h5-10,20H,3-4H2,1-2H3/b11-9-,17-16?. The molecule has 4 nitrogen and oxygen atoms in total. The zero-order chi connectivity index (χ0) is 14.8. The molecule has 0 atom stereocenters. The number of aromatic nitrogens is 1. The van der Waals surface area contributed by atoms with E-state index in [9.17, 15) is 5.11 Å². The summed E-state index contributed by atoms with van der Waals surface area (Å²) in [5.41, 5.74) is 3.09. The third kappa shape index (κ3) is 2.45. The Bertz CT molecular complexity index is 796. The van der Waals surface area contributed by atoms with Gasteiger partial charge in [0.25, 0.3) is 0 Å². The average Bonchev–Trinajstić information content (AvgIpc) is 3.03. The van der Waals surface area contributed by atoms with Crippen LogP contribution in [0.3, 0.4) is 0 Å². The fraction of sp³-hybridized carbons (Fsp3) is 0.250. The van der Waals surface area contributed by atoms with Gasteiger partial charge in [-0.3, -0.25) is 14.6 Å². The maximum absolute atomic E-state index is 10.4. The van der Waals surface area contributed by atoms with Gasteiger partial charge < -0.3 is 5.11 Å². The summed E-state index contributed by atoms with van der Waals surface area (Å²) in [5.74, 6) is 0.278. The number of benzene rings is 1. The van der Waals surface area contributed by atoms with Gasteiger partial charge in [-0.15, -0.1) is 0 Å². The first-order valence-corrected chi connectivity index (χ1v) is 7.84. The molecule has 2 aromatic rings. The molecule has 1 aliphatic rings. The minimum absolute atomic E-state index is 0.278. The Kier molecular flexibility index (Phi) is 3.75. The monoisotopic (exact) mass is 299 g/mol. The first-order chi connectivity index (χ1) is 10.2. The molecule has 0 aliphatic carbocycles. The molecule has 108 valence electrons. The average molecular weight is 299 g/mol. The van der Waals surface area contributed by atoms with Crippen LogP contribution in [0.15, 0.2) is 34.3 Å². The van der Waals surface area contributed by atoms with Gasteiger partial charge >= 0.3 is 0 Å². The largest absolute Gasteiger partial charge is 0.493 e. The highest BCUT2D eigenvalue weighted by Crippen LogP contribution is 2.34. The number of aliphatic imine (C=N–C) groups is 1. The molecule has 0 amide bonds. The molecule has 0 fully saturated rings. The number of allylic oxidation sites excluding steroid dienone is 1. The number of para-hydroxylation sites is 1. The van der Waals surface area contributed by atoms with E-state index in [2.05, 4.69) is 9.98 Å². The molecule has 1 N–H and O–H groups in total. The smallest absolute Gasteiger partial charge is 0.211 e. The summed E-state index contributed by atoms with van der Waals surface area (Å²) in [7, 11) is 0. The van der Waals surface area contributed by atoms with Crippen LogP contribution in [-0.2, 0) is 6.54 Å². The fourth-order valence-electron chi connectivity index (χ4n) is 2.35. The summed E-state index contributed by atoms with van der Waals surface area (Å²) < 4.78 is 1.83. The topological polar surface area (TPSA) is 49.9 Å². The summed E-state index contributed by atoms with van der Waals surface area (Å²) in [4.78, 5) is 10.5. The van der Waals surface area contributed by atoms with Crippen molar-refractivity contribution < 1.29 is 5.11 Å². The van der Waals surface area contributed by atoms with E-state index >= 15 is 0 Å². The van der Waals surface area contributed by atoms with Crippen molar-refractivity contribution in [2.24, 2.45) is 9.98 Å². The lowest BCUT2D eigenvalue weighted by atomic mass is 10.1. The molecule has 21 heavy (non-hydrogen) atoms. The minimum atomic E-state index is 0.278. The molecule has 0 unspecified atom stereocenters. The van der Waals surface area contributed by atoms with Crippen molar-refractivity contribution in [2.45, 2.75) is 20.4 Å². The van der Waals surface area contributed by atoms with Crippen LogP contribution >= 0.6 is 11.3 Å². The number of nitrogens with zero attached hydrogens (tertiary/aromatic N) is 3. The highest BCUT2D eigenvalue weighted by Gasteiger charge is 2.14. The zero-order valence-corrected chi connectivity index (χ0v) is 12.9. The van der Waals surface area contributed by atoms with Crippen molar-refractivity contribution in [2.75, 3.05) is 6.54 Å². The van der Waals surface area contributed by atoms with Gasteiger partial charge in [0.1, 0.15) is 0 Å². The molecular formula is C16H17N3OS. The minimum Gasteiger partial charge on any atom is -0.493 e. The van der Waals surface area contributed by atoms with E-state index in [0.717, 1.165) is 26.5 Å². The Hall–Kier alpha value is -2.14. The van der Waals surface area contributed by atoms with E-state index in [-0.39, 0.29) is 5.88 Å². The van der Waals surface area contributed by atoms with Crippen LogP contribution < -0.4 is 4.80 Å². The van der Waals surface area contributed by atoms with Crippen LogP contribution in [0.2, 0.25) is 0 Å². The molecule has 5 heteroatoms. The summed E-state index contributed by atoms with van der Waals surface area (Å²) in [6.07, 6.45) is 3.83. The van der Waals surface area contributed by atoms with Gasteiger partial charge in [-0.1, -0.05) is 29.5 Å². The predicted molar refractivity (Wildman–Crippen MR) is 88.2 cm³/mol. The normalized spacial score (nSPS) is 15.9. The van der Waals surface area contributed by atoms with Gasteiger partial charge in [0.15, 0.2) is 4.80 Å². The SMILES string of the molecule is CCN=c1sc(/C=C2/C=Nc3ccccc32)c(O)n1CC. The van der Waals surface area contributed by atoms with Crippen LogP contribution in [0.25, 0.3) is 11.6 Å². The van der Waals surface area contributed by atoms with Gasteiger partial charge in [-0.2, -0.15) is 0 Å². The lowest BCUT2D eigenvalue weighted by Gasteiger charge is -2.00. The molecule has 3 rings (SSSR count). The van der Waals surface area contributed by atoms with E-state index in [1.54, 1.807) is 0 Å². The molecule has 2 heterocycles. The van der Waals surface area contributed by atoms with E-state index in [0.29, 0.717) is 13.1 Å². The van der Waals surface area contributed by atoms with Crippen molar-refractivity contribution in [1.82, 2.24) is 4.57 Å². The van der Waals surface area contributed by atoms with Gasteiger partial charge in [-0.05, 0) is 26.0 Å². The fourth-order valence-corrected chi connectivity index (χ4v) is 3.45. The van der Waals surface area contributed by atoms with Crippen LogP contribution in [-0.4, -0.2) is 22.4 Å². The van der Waals surface area contributed by atoms with Gasteiger partial charge in [-0.25, -0.2) is 0 Å². The van der Waals surface area contributed by atoms with Crippen LogP contribution in [0.4, 0.5) is 5.69 Å². The third-order valence-electron chi connectivity index (χ3n) is 3.36. The summed E-state index contributed by atoms with van der Waals surface area (Å²) in [6, 6.07) is 8.01. The van der Waals surface area contributed by atoms with Crippen LogP contribution in [0.1, 0.15) is 24.3 Å². The molecule has 0 spiro atoms. The number of rotatable bonds is 3. The van der Waals surface area contributed by atoms with Gasteiger partial charge in [0.05, 0.1) is 10.6 Å². The molecule has 0 bridgehead atoms.